The summed E-state index contributed by atoms with van der Waals surface area (Å²) < 4.78 is 59.1. The highest BCUT2D eigenvalue weighted by Gasteiger charge is 2.44. The second-order valence-corrected chi connectivity index (χ2v) is 14.9. The molecule has 206 valence electrons. The van der Waals surface area contributed by atoms with Crippen molar-refractivity contribution >= 4 is 20.8 Å². The van der Waals surface area contributed by atoms with E-state index < -0.39 is 43.2 Å². The third-order valence-corrected chi connectivity index (χ3v) is 9.79. The van der Waals surface area contributed by atoms with Crippen molar-refractivity contribution in [2.75, 3.05) is 0 Å². The molecule has 3 aromatic carbocycles. The summed E-state index contributed by atoms with van der Waals surface area (Å²) in [5.74, 6) is -0.166. The van der Waals surface area contributed by atoms with Crippen molar-refractivity contribution in [1.82, 2.24) is 9.62 Å². The Hall–Kier alpha value is -2.39. The van der Waals surface area contributed by atoms with Crippen molar-refractivity contribution in [3.8, 4) is 0 Å². The quantitative estimate of drug-likeness (QED) is 0.300. The number of halogens is 1. The summed E-state index contributed by atoms with van der Waals surface area (Å²) in [4.78, 5) is 2.00. The van der Waals surface area contributed by atoms with Gasteiger partial charge in [0.05, 0.1) is 26.7 Å². The van der Waals surface area contributed by atoms with Crippen LogP contribution in [0.5, 0.6) is 0 Å². The second kappa shape index (κ2) is 13.1. The first kappa shape index (κ1) is 30.2. The van der Waals surface area contributed by atoms with E-state index in [1.165, 1.54) is 12.1 Å². The lowest BCUT2D eigenvalue weighted by atomic mass is 9.94. The fourth-order valence-corrected chi connectivity index (χ4v) is 6.84. The predicted molar refractivity (Wildman–Crippen MR) is 154 cm³/mol. The molecular weight excluding hydrogens is 519 g/mol. The summed E-state index contributed by atoms with van der Waals surface area (Å²) in [7, 11) is -6.08. The zero-order valence-electron chi connectivity index (χ0n) is 22.8. The number of nitrogens with zero attached hydrogens (tertiary/aromatic N) is 1. The Morgan fingerprint density at radius 2 is 1.24 bits per heavy atom. The summed E-state index contributed by atoms with van der Waals surface area (Å²) in [6.45, 7) is 10.2. The van der Waals surface area contributed by atoms with Crippen molar-refractivity contribution in [1.29, 1.82) is 0 Å². The van der Waals surface area contributed by atoms with E-state index in [0.717, 1.165) is 11.1 Å². The summed E-state index contributed by atoms with van der Waals surface area (Å²) >= 11 is 0. The topological polar surface area (TPSA) is 66.5 Å². The molecule has 0 amide bonds. The summed E-state index contributed by atoms with van der Waals surface area (Å²) in [5, 5.41) is 0. The van der Waals surface area contributed by atoms with Gasteiger partial charge >= 0.3 is 0 Å². The molecule has 0 aliphatic carbocycles. The molecule has 3 aromatic rings. The lowest BCUT2D eigenvalue weighted by molar-refractivity contribution is 0.0916. The van der Waals surface area contributed by atoms with Crippen LogP contribution in [-0.4, -0.2) is 39.9 Å². The van der Waals surface area contributed by atoms with E-state index in [0.29, 0.717) is 13.1 Å². The third kappa shape index (κ3) is 7.82. The van der Waals surface area contributed by atoms with Crippen LogP contribution in [0, 0.1) is 5.92 Å². The van der Waals surface area contributed by atoms with Gasteiger partial charge in [-0.25, -0.2) is 21.7 Å². The lowest BCUT2D eigenvalue weighted by Crippen LogP contribution is -2.59. The highest BCUT2D eigenvalue weighted by Crippen LogP contribution is 2.29. The third-order valence-electron chi connectivity index (χ3n) is 6.38. The molecule has 5 nitrogen and oxygen atoms in total. The van der Waals surface area contributed by atoms with Gasteiger partial charge in [0.2, 0.25) is 15.3 Å². The Morgan fingerprint density at radius 1 is 0.816 bits per heavy atom. The van der Waals surface area contributed by atoms with Crippen molar-refractivity contribution in [2.45, 2.75) is 74.9 Å². The van der Waals surface area contributed by atoms with Crippen LogP contribution in [0.3, 0.4) is 0 Å². The van der Waals surface area contributed by atoms with Crippen molar-refractivity contribution in [2.24, 2.45) is 5.92 Å². The average molecular weight is 559 g/mol. The number of alkyl halides is 1. The van der Waals surface area contributed by atoms with Crippen LogP contribution >= 0.6 is 0 Å². The highest BCUT2D eigenvalue weighted by atomic mass is 32.2. The molecule has 0 heterocycles. The van der Waals surface area contributed by atoms with Crippen molar-refractivity contribution in [3.05, 3.63) is 102 Å². The summed E-state index contributed by atoms with van der Waals surface area (Å²) in [5.41, 5.74) is -0.283. The van der Waals surface area contributed by atoms with Gasteiger partial charge in [0.1, 0.15) is 0 Å². The minimum atomic E-state index is -4.38. The Balaban J connectivity index is 2.12. The largest absolute Gasteiger partial charge is 0.290 e. The molecule has 4 atom stereocenters. The SMILES string of the molecule is CC(C)[C@@H]([C@H](N[S@](=O)C(C)(C)C)[C@H](F)S(=O)(=O)c1ccccc1)N(Cc1ccccc1)Cc1ccccc1. The number of nitrogens with one attached hydrogen (secondary N) is 1. The smallest absolute Gasteiger partial charge is 0.222 e. The lowest BCUT2D eigenvalue weighted by Gasteiger charge is -2.41. The molecule has 0 aliphatic rings. The first-order valence-corrected chi connectivity index (χ1v) is 15.5. The molecule has 0 saturated carbocycles. The Kier molecular flexibility index (Phi) is 10.4. The first-order chi connectivity index (χ1) is 17.9. The van der Waals surface area contributed by atoms with Gasteiger partial charge in [0.15, 0.2) is 0 Å². The molecular formula is C30H39FN2O3S2. The van der Waals surface area contributed by atoms with Gasteiger partial charge in [-0.2, -0.15) is 0 Å². The van der Waals surface area contributed by atoms with Crippen molar-refractivity contribution < 1.29 is 17.0 Å². The Morgan fingerprint density at radius 3 is 1.63 bits per heavy atom. The highest BCUT2D eigenvalue weighted by molar-refractivity contribution is 7.92. The van der Waals surface area contributed by atoms with E-state index in [1.54, 1.807) is 39.0 Å². The van der Waals surface area contributed by atoms with Crippen LogP contribution < -0.4 is 4.72 Å². The van der Waals surface area contributed by atoms with Crippen LogP contribution in [-0.2, 0) is 33.9 Å². The number of benzene rings is 3. The Labute approximate surface area is 230 Å². The molecule has 0 unspecified atom stereocenters. The molecule has 8 heteroatoms. The monoisotopic (exact) mass is 558 g/mol. The first-order valence-electron chi connectivity index (χ1n) is 12.8. The zero-order chi connectivity index (χ0) is 27.9. The minimum absolute atomic E-state index is 0.0963. The fraction of sp³-hybridized carbons (Fsp3) is 0.400. The maximum atomic E-state index is 16.5. The zero-order valence-corrected chi connectivity index (χ0v) is 24.4. The van der Waals surface area contributed by atoms with E-state index >= 15 is 4.39 Å². The number of rotatable bonds is 12. The summed E-state index contributed by atoms with van der Waals surface area (Å²) in [6.07, 6.45) is 0. The number of sulfone groups is 1. The molecule has 0 saturated heterocycles. The van der Waals surface area contributed by atoms with Crippen molar-refractivity contribution in [3.63, 3.8) is 0 Å². The van der Waals surface area contributed by atoms with E-state index in [1.807, 2.05) is 74.5 Å². The molecule has 38 heavy (non-hydrogen) atoms. The average Bonchev–Trinajstić information content (AvgIpc) is 2.88. The van der Waals surface area contributed by atoms with Gasteiger partial charge in [-0.15, -0.1) is 0 Å². The Bertz CT molecular complexity index is 1220. The summed E-state index contributed by atoms with van der Waals surface area (Å²) in [6, 6.07) is 25.4. The molecule has 0 bridgehead atoms. The van der Waals surface area contributed by atoms with E-state index in [9.17, 15) is 12.6 Å². The molecule has 0 aliphatic heterocycles. The van der Waals surface area contributed by atoms with Gasteiger partial charge in [0.25, 0.3) is 0 Å². The van der Waals surface area contributed by atoms with Crippen LogP contribution in [0.15, 0.2) is 95.9 Å². The fourth-order valence-electron chi connectivity index (χ4n) is 4.48. The molecule has 0 fully saturated rings. The minimum Gasteiger partial charge on any atom is -0.290 e. The normalized spacial score (nSPS) is 15.8. The van der Waals surface area contributed by atoms with Gasteiger partial charge in [0, 0.05) is 19.1 Å². The van der Waals surface area contributed by atoms with Gasteiger partial charge in [-0.1, -0.05) is 92.7 Å². The predicted octanol–water partition coefficient (Wildman–Crippen LogP) is 5.90. The second-order valence-electron chi connectivity index (χ2n) is 10.8. The van der Waals surface area contributed by atoms with E-state index in [2.05, 4.69) is 9.62 Å². The van der Waals surface area contributed by atoms with E-state index in [4.69, 9.17) is 0 Å². The maximum absolute atomic E-state index is 16.5. The molecule has 0 radical (unpaired) electrons. The molecule has 3 rings (SSSR count). The maximum Gasteiger partial charge on any atom is 0.222 e. The number of hydrogen-bond acceptors (Lipinski definition) is 4. The van der Waals surface area contributed by atoms with E-state index in [-0.39, 0.29) is 10.8 Å². The van der Waals surface area contributed by atoms with Gasteiger partial charge in [-0.3, -0.25) is 4.90 Å². The van der Waals surface area contributed by atoms with Crippen LogP contribution in [0.4, 0.5) is 4.39 Å². The van der Waals surface area contributed by atoms with Crippen LogP contribution in [0.2, 0.25) is 0 Å². The van der Waals surface area contributed by atoms with Gasteiger partial charge < -0.3 is 0 Å². The number of hydrogen-bond donors (Lipinski definition) is 1. The van der Waals surface area contributed by atoms with Crippen LogP contribution in [0.1, 0.15) is 45.7 Å². The van der Waals surface area contributed by atoms with Crippen LogP contribution in [0.25, 0.3) is 0 Å². The van der Waals surface area contributed by atoms with Gasteiger partial charge in [-0.05, 0) is 49.9 Å². The molecule has 1 N–H and O–H groups in total. The molecule has 0 spiro atoms. The standard InChI is InChI=1S/C30H39FN2O3S2/c1-23(2)28(33(21-24-15-9-6-10-16-24)22-25-17-11-7-12-18-25)27(32-37(34)30(3,4)5)29(31)38(35,36)26-19-13-8-14-20-26/h6-20,23,27-29,32H,21-22H2,1-5H3/t27-,28-,29+,37+/m0/s1. The molecule has 0 aromatic heterocycles.